The maximum Gasteiger partial charge on any atom is 0.356 e. The van der Waals surface area contributed by atoms with Crippen LogP contribution in [-0.4, -0.2) is 43.8 Å². The molecular formula is C19H26N4O2. The zero-order valence-electron chi connectivity index (χ0n) is 15.2. The van der Waals surface area contributed by atoms with Crippen molar-refractivity contribution >= 4 is 5.97 Å². The number of carboxylic acids is 1. The molecule has 2 heterocycles. The van der Waals surface area contributed by atoms with E-state index in [9.17, 15) is 9.90 Å². The number of hydrogen-bond acceptors (Lipinski definition) is 4. The fourth-order valence-electron chi connectivity index (χ4n) is 3.69. The Hall–Kier alpha value is -2.21. The van der Waals surface area contributed by atoms with Gasteiger partial charge in [0.15, 0.2) is 5.69 Å². The topological polar surface area (TPSA) is 71.2 Å². The summed E-state index contributed by atoms with van der Waals surface area (Å²) in [5.74, 6) is -0.917. The second-order valence-electron chi connectivity index (χ2n) is 6.92. The van der Waals surface area contributed by atoms with E-state index in [-0.39, 0.29) is 5.69 Å². The normalized spacial score (nSPS) is 16.9. The van der Waals surface area contributed by atoms with Crippen molar-refractivity contribution in [1.82, 2.24) is 19.7 Å². The van der Waals surface area contributed by atoms with Crippen molar-refractivity contribution < 1.29 is 9.90 Å². The highest BCUT2D eigenvalue weighted by atomic mass is 16.4. The fourth-order valence-corrected chi connectivity index (χ4v) is 3.69. The van der Waals surface area contributed by atoms with E-state index in [1.165, 1.54) is 11.1 Å². The number of hydrogen-bond donors (Lipinski definition) is 1. The van der Waals surface area contributed by atoms with Crippen LogP contribution >= 0.6 is 0 Å². The summed E-state index contributed by atoms with van der Waals surface area (Å²) in [7, 11) is 2.12. The van der Waals surface area contributed by atoms with E-state index in [4.69, 9.17) is 0 Å². The smallest absolute Gasteiger partial charge is 0.356 e. The van der Waals surface area contributed by atoms with Gasteiger partial charge in [-0.15, -0.1) is 0 Å². The molecular weight excluding hydrogens is 316 g/mol. The first-order valence-electron chi connectivity index (χ1n) is 8.92. The zero-order valence-corrected chi connectivity index (χ0v) is 15.2. The van der Waals surface area contributed by atoms with Gasteiger partial charge in [0.2, 0.25) is 0 Å². The molecule has 0 aliphatic heterocycles. The molecule has 0 spiro atoms. The fraction of sp³-hybridized carbons (Fsp3) is 0.526. The van der Waals surface area contributed by atoms with Crippen LogP contribution in [-0.2, 0) is 25.9 Å². The van der Waals surface area contributed by atoms with Gasteiger partial charge in [-0.25, -0.2) is 4.79 Å². The second-order valence-corrected chi connectivity index (χ2v) is 6.92. The lowest BCUT2D eigenvalue weighted by Crippen LogP contribution is -2.36. The Morgan fingerprint density at radius 1 is 1.48 bits per heavy atom. The minimum atomic E-state index is -0.917. The summed E-state index contributed by atoms with van der Waals surface area (Å²) in [6, 6.07) is 2.39. The molecule has 134 valence electrons. The summed E-state index contributed by atoms with van der Waals surface area (Å²) >= 11 is 0. The van der Waals surface area contributed by atoms with Crippen LogP contribution in [0.4, 0.5) is 0 Å². The molecule has 0 saturated carbocycles. The molecule has 0 aromatic carbocycles. The van der Waals surface area contributed by atoms with Crippen molar-refractivity contribution in [1.29, 1.82) is 0 Å². The quantitative estimate of drug-likeness (QED) is 0.874. The van der Waals surface area contributed by atoms with Crippen molar-refractivity contribution in [2.24, 2.45) is 0 Å². The molecule has 6 nitrogen and oxygen atoms in total. The highest BCUT2D eigenvalue weighted by Gasteiger charge is 2.30. The third-order valence-corrected chi connectivity index (χ3v) is 5.14. The Morgan fingerprint density at radius 3 is 2.96 bits per heavy atom. The Balaban J connectivity index is 1.80. The lowest BCUT2D eigenvalue weighted by molar-refractivity contribution is 0.0687. The average Bonchev–Trinajstić information content (AvgIpc) is 2.95. The van der Waals surface area contributed by atoms with Gasteiger partial charge in [-0.2, -0.15) is 5.10 Å². The van der Waals surface area contributed by atoms with E-state index < -0.39 is 5.97 Å². The van der Waals surface area contributed by atoms with Gasteiger partial charge in [0.25, 0.3) is 0 Å². The Morgan fingerprint density at radius 2 is 2.28 bits per heavy atom. The number of aryl methyl sites for hydroxylation is 2. The maximum atomic E-state index is 11.6. The van der Waals surface area contributed by atoms with Crippen LogP contribution in [0.5, 0.6) is 0 Å². The molecule has 25 heavy (non-hydrogen) atoms. The van der Waals surface area contributed by atoms with Crippen LogP contribution in [0.15, 0.2) is 18.5 Å². The van der Waals surface area contributed by atoms with Gasteiger partial charge in [0, 0.05) is 42.8 Å². The minimum Gasteiger partial charge on any atom is -0.476 e. The van der Waals surface area contributed by atoms with Gasteiger partial charge < -0.3 is 5.11 Å². The molecule has 0 saturated heterocycles. The van der Waals surface area contributed by atoms with Crippen molar-refractivity contribution in [3.63, 3.8) is 0 Å². The number of aromatic carboxylic acids is 1. The largest absolute Gasteiger partial charge is 0.476 e. The first-order valence-corrected chi connectivity index (χ1v) is 8.92. The summed E-state index contributed by atoms with van der Waals surface area (Å²) < 4.78 is 1.90. The molecule has 3 rings (SSSR count). The SMILES string of the molecule is CCCn1nc(C(=O)O)c2c1CC[C@H](N(C)Cc1ccncc1C)C2. The second kappa shape index (κ2) is 7.35. The van der Waals surface area contributed by atoms with E-state index in [0.717, 1.165) is 50.0 Å². The number of carboxylic acid groups (broad SMARTS) is 1. The number of nitrogens with zero attached hydrogens (tertiary/aromatic N) is 4. The van der Waals surface area contributed by atoms with Gasteiger partial charge in [-0.1, -0.05) is 6.92 Å². The predicted octanol–water partition coefficient (Wildman–Crippen LogP) is 2.68. The van der Waals surface area contributed by atoms with Crippen LogP contribution in [0, 0.1) is 6.92 Å². The molecule has 0 bridgehead atoms. The van der Waals surface area contributed by atoms with Gasteiger partial charge in [0.1, 0.15) is 0 Å². The summed E-state index contributed by atoms with van der Waals surface area (Å²) in [4.78, 5) is 18.1. The lowest BCUT2D eigenvalue weighted by Gasteiger charge is -2.32. The number of aromatic nitrogens is 3. The van der Waals surface area contributed by atoms with E-state index >= 15 is 0 Å². The van der Waals surface area contributed by atoms with Crippen LogP contribution < -0.4 is 0 Å². The zero-order chi connectivity index (χ0) is 18.0. The molecule has 1 aliphatic carbocycles. The van der Waals surface area contributed by atoms with E-state index in [0.29, 0.717) is 6.04 Å². The molecule has 1 atom stereocenters. The van der Waals surface area contributed by atoms with E-state index in [1.54, 1.807) is 0 Å². The molecule has 0 amide bonds. The molecule has 6 heteroatoms. The standard InChI is InChI=1S/C19H26N4O2/c1-4-9-23-17-6-5-15(10-16(17)18(21-23)19(24)25)22(3)12-14-7-8-20-11-13(14)2/h7-8,11,15H,4-6,9-10,12H2,1-3H3,(H,24,25)/t15-/m0/s1. The van der Waals surface area contributed by atoms with Crippen LogP contribution in [0.3, 0.4) is 0 Å². The van der Waals surface area contributed by atoms with Gasteiger partial charge in [-0.05, 0) is 56.8 Å². The van der Waals surface area contributed by atoms with Crippen LogP contribution in [0.25, 0.3) is 0 Å². The Kier molecular flexibility index (Phi) is 5.18. The molecule has 0 radical (unpaired) electrons. The molecule has 2 aromatic rings. The number of carbonyl (C=O) groups is 1. The minimum absolute atomic E-state index is 0.238. The molecule has 1 aliphatic rings. The number of rotatable bonds is 6. The predicted molar refractivity (Wildman–Crippen MR) is 95.7 cm³/mol. The van der Waals surface area contributed by atoms with Gasteiger partial charge in [0.05, 0.1) is 0 Å². The van der Waals surface area contributed by atoms with Crippen LogP contribution in [0.2, 0.25) is 0 Å². The van der Waals surface area contributed by atoms with E-state index in [1.807, 2.05) is 17.1 Å². The monoisotopic (exact) mass is 342 g/mol. The number of fused-ring (bicyclic) bond motifs is 1. The highest BCUT2D eigenvalue weighted by molar-refractivity contribution is 5.87. The number of pyridine rings is 1. The third kappa shape index (κ3) is 3.58. The maximum absolute atomic E-state index is 11.6. The first-order chi connectivity index (χ1) is 12.0. The van der Waals surface area contributed by atoms with Crippen LogP contribution in [0.1, 0.15) is 52.6 Å². The molecule has 2 aromatic heterocycles. The average molecular weight is 342 g/mol. The highest BCUT2D eigenvalue weighted by Crippen LogP contribution is 2.28. The Bertz CT molecular complexity index is 769. The summed E-state index contributed by atoms with van der Waals surface area (Å²) in [5, 5.41) is 13.9. The lowest BCUT2D eigenvalue weighted by atomic mass is 9.90. The van der Waals surface area contributed by atoms with Crippen molar-refractivity contribution in [2.75, 3.05) is 7.05 Å². The third-order valence-electron chi connectivity index (χ3n) is 5.14. The summed E-state index contributed by atoms with van der Waals surface area (Å²) in [6.07, 6.45) is 7.34. The molecule has 0 unspecified atom stereocenters. The first kappa shape index (κ1) is 17.6. The van der Waals surface area contributed by atoms with E-state index in [2.05, 4.69) is 41.9 Å². The van der Waals surface area contributed by atoms with Crippen molar-refractivity contribution in [3.05, 3.63) is 46.5 Å². The Labute approximate surface area is 148 Å². The molecule has 1 N–H and O–H groups in total. The molecule has 0 fully saturated rings. The van der Waals surface area contributed by atoms with Gasteiger partial charge >= 0.3 is 5.97 Å². The summed E-state index contributed by atoms with van der Waals surface area (Å²) in [5.41, 5.74) is 4.73. The van der Waals surface area contributed by atoms with Crippen molar-refractivity contribution in [2.45, 2.75) is 58.7 Å². The summed E-state index contributed by atoms with van der Waals surface area (Å²) in [6.45, 7) is 5.80. The van der Waals surface area contributed by atoms with Crippen molar-refractivity contribution in [3.8, 4) is 0 Å². The van der Waals surface area contributed by atoms with Gasteiger partial charge in [-0.3, -0.25) is 14.6 Å². The number of likely N-dealkylation sites (N-methyl/N-ethyl adjacent to an activating group) is 1.